The van der Waals surface area contributed by atoms with Crippen molar-refractivity contribution in [2.24, 2.45) is 0 Å². The number of fused-ring (bicyclic) bond motifs is 1. The Bertz CT molecular complexity index is 1650. The number of nitrogens with zero attached hydrogens (tertiary/aromatic N) is 7. The standard InChI is InChI=1S/C28H30ClF2N9O3/c29-17-4-5-21(43-28(30)31)19(14-17)24-20(34-27(42)23-25(32)36-40-11-3-8-33-26(23)40)15-39(35-24)16-22(41)38-12-6-18(7-13-38)37-9-1-2-10-37/h3-5,8,11,14-15,18,28H,1-2,6-7,9-10,12-13,16H2,(H2,32,36)(H,34,42). The molecule has 0 spiro atoms. The van der Waals surface area contributed by atoms with E-state index in [0.717, 1.165) is 25.9 Å². The molecule has 15 heteroatoms. The number of hydrogen-bond donors (Lipinski definition) is 2. The van der Waals surface area contributed by atoms with Gasteiger partial charge in [0.2, 0.25) is 5.91 Å². The summed E-state index contributed by atoms with van der Waals surface area (Å²) in [5.41, 5.74) is 6.59. The lowest BCUT2D eigenvalue weighted by Gasteiger charge is -2.36. The lowest BCUT2D eigenvalue weighted by atomic mass is 10.0. The Kier molecular flexibility index (Phi) is 8.13. The molecular weight excluding hydrogens is 584 g/mol. The van der Waals surface area contributed by atoms with Crippen LogP contribution in [0.2, 0.25) is 5.02 Å². The molecule has 2 saturated heterocycles. The van der Waals surface area contributed by atoms with E-state index in [1.807, 2.05) is 4.90 Å². The molecule has 0 unspecified atom stereocenters. The highest BCUT2D eigenvalue weighted by Gasteiger charge is 2.29. The fourth-order valence-corrected chi connectivity index (χ4v) is 5.98. The Morgan fingerprint density at radius 3 is 2.65 bits per heavy atom. The van der Waals surface area contributed by atoms with Gasteiger partial charge < -0.3 is 25.6 Å². The van der Waals surface area contributed by atoms with Gasteiger partial charge in [-0.1, -0.05) is 11.6 Å². The minimum atomic E-state index is -3.12. The molecule has 0 saturated carbocycles. The maximum Gasteiger partial charge on any atom is 0.387 e. The van der Waals surface area contributed by atoms with Crippen LogP contribution >= 0.6 is 11.6 Å². The van der Waals surface area contributed by atoms with E-state index in [-0.39, 0.29) is 57.2 Å². The average molecular weight is 614 g/mol. The number of aromatic nitrogens is 5. The fourth-order valence-electron chi connectivity index (χ4n) is 5.81. The fraction of sp³-hybridized carbons (Fsp3) is 0.393. The molecule has 4 aromatic rings. The van der Waals surface area contributed by atoms with E-state index < -0.39 is 12.5 Å². The van der Waals surface area contributed by atoms with Crippen LogP contribution in [-0.4, -0.2) is 84.8 Å². The minimum Gasteiger partial charge on any atom is -0.434 e. The third kappa shape index (κ3) is 6.11. The zero-order valence-electron chi connectivity index (χ0n) is 23.1. The van der Waals surface area contributed by atoms with Crippen molar-refractivity contribution in [1.29, 1.82) is 0 Å². The lowest BCUT2D eigenvalue weighted by Crippen LogP contribution is -2.46. The van der Waals surface area contributed by atoms with E-state index in [1.165, 1.54) is 52.6 Å². The van der Waals surface area contributed by atoms with Crippen LogP contribution in [0.5, 0.6) is 5.75 Å². The van der Waals surface area contributed by atoms with Crippen molar-refractivity contribution >= 4 is 40.6 Å². The van der Waals surface area contributed by atoms with E-state index in [0.29, 0.717) is 19.1 Å². The third-order valence-corrected chi connectivity index (χ3v) is 8.08. The molecule has 2 fully saturated rings. The Labute approximate surface area is 250 Å². The van der Waals surface area contributed by atoms with Crippen LogP contribution in [-0.2, 0) is 11.3 Å². The van der Waals surface area contributed by atoms with Gasteiger partial charge in [-0.05, 0) is 63.0 Å². The normalized spacial score (nSPS) is 16.3. The van der Waals surface area contributed by atoms with E-state index in [9.17, 15) is 18.4 Å². The molecule has 226 valence electrons. The molecule has 3 aromatic heterocycles. The number of likely N-dealkylation sites (tertiary alicyclic amines) is 2. The monoisotopic (exact) mass is 613 g/mol. The molecule has 0 aliphatic carbocycles. The maximum atomic E-state index is 13.5. The van der Waals surface area contributed by atoms with Crippen LogP contribution in [0.15, 0.2) is 42.9 Å². The lowest BCUT2D eigenvalue weighted by molar-refractivity contribution is -0.133. The quantitative estimate of drug-likeness (QED) is 0.307. The first kappa shape index (κ1) is 28.8. The highest BCUT2D eigenvalue weighted by atomic mass is 35.5. The van der Waals surface area contributed by atoms with Crippen molar-refractivity contribution in [2.45, 2.75) is 44.9 Å². The number of anilines is 2. The van der Waals surface area contributed by atoms with Gasteiger partial charge in [-0.3, -0.25) is 14.3 Å². The molecule has 12 nitrogen and oxygen atoms in total. The molecule has 0 radical (unpaired) electrons. The van der Waals surface area contributed by atoms with Crippen molar-refractivity contribution < 1.29 is 23.1 Å². The number of nitrogen functional groups attached to an aromatic ring is 1. The molecule has 3 N–H and O–H groups in total. The number of hydrogen-bond acceptors (Lipinski definition) is 8. The predicted octanol–water partition coefficient (Wildman–Crippen LogP) is 3.77. The zero-order valence-corrected chi connectivity index (χ0v) is 23.9. The molecule has 2 aliphatic heterocycles. The number of nitrogens with one attached hydrogen (secondary N) is 1. The summed E-state index contributed by atoms with van der Waals surface area (Å²) >= 11 is 6.22. The third-order valence-electron chi connectivity index (χ3n) is 7.84. The van der Waals surface area contributed by atoms with Crippen LogP contribution < -0.4 is 15.8 Å². The summed E-state index contributed by atoms with van der Waals surface area (Å²) in [5, 5.41) is 11.6. The van der Waals surface area contributed by atoms with Crippen molar-refractivity contribution in [3.05, 3.63) is 53.4 Å². The van der Waals surface area contributed by atoms with Crippen molar-refractivity contribution in [1.82, 2.24) is 34.2 Å². The van der Waals surface area contributed by atoms with Gasteiger partial charge in [-0.15, -0.1) is 5.10 Å². The van der Waals surface area contributed by atoms with Crippen LogP contribution in [0.1, 0.15) is 36.0 Å². The SMILES string of the molecule is Nc1nn2cccnc2c1C(=O)Nc1cn(CC(=O)N2CCC(N3CCCC3)CC2)nc1-c1cc(Cl)ccc1OC(F)F. The van der Waals surface area contributed by atoms with Gasteiger partial charge in [-0.25, -0.2) is 9.50 Å². The number of halogens is 3. The second kappa shape index (κ2) is 12.1. The first-order chi connectivity index (χ1) is 20.8. The number of ether oxygens (including phenoxy) is 1. The smallest absolute Gasteiger partial charge is 0.387 e. The number of alkyl halides is 2. The topological polar surface area (TPSA) is 136 Å². The molecule has 43 heavy (non-hydrogen) atoms. The number of nitrogens with two attached hydrogens (primary N) is 1. The number of benzene rings is 1. The molecule has 5 heterocycles. The largest absolute Gasteiger partial charge is 0.434 e. The second-order valence-electron chi connectivity index (χ2n) is 10.6. The Balaban J connectivity index is 1.28. The van der Waals surface area contributed by atoms with Crippen LogP contribution in [0.4, 0.5) is 20.3 Å². The summed E-state index contributed by atoms with van der Waals surface area (Å²) in [4.78, 5) is 35.3. The second-order valence-corrected chi connectivity index (χ2v) is 11.0. The minimum absolute atomic E-state index is 0.0198. The Morgan fingerprint density at radius 2 is 1.91 bits per heavy atom. The van der Waals surface area contributed by atoms with Gasteiger partial charge in [0.1, 0.15) is 23.6 Å². The summed E-state index contributed by atoms with van der Waals surface area (Å²) in [6, 6.07) is 6.22. The Morgan fingerprint density at radius 1 is 1.14 bits per heavy atom. The van der Waals surface area contributed by atoms with Gasteiger partial charge in [0.25, 0.3) is 5.91 Å². The molecule has 6 rings (SSSR count). The number of carbonyl (C=O) groups excluding carboxylic acids is 2. The predicted molar refractivity (Wildman–Crippen MR) is 155 cm³/mol. The summed E-state index contributed by atoms with van der Waals surface area (Å²) in [6.07, 6.45) is 8.81. The van der Waals surface area contributed by atoms with Crippen LogP contribution in [0.3, 0.4) is 0 Å². The molecular formula is C28H30ClF2N9O3. The van der Waals surface area contributed by atoms with Crippen LogP contribution in [0, 0.1) is 0 Å². The van der Waals surface area contributed by atoms with Gasteiger partial charge in [0.05, 0.1) is 5.69 Å². The van der Waals surface area contributed by atoms with Gasteiger partial charge in [-0.2, -0.15) is 13.9 Å². The van der Waals surface area contributed by atoms with Crippen molar-refractivity contribution in [2.75, 3.05) is 37.2 Å². The zero-order chi connectivity index (χ0) is 30.1. The van der Waals surface area contributed by atoms with Gasteiger partial charge in [0.15, 0.2) is 11.5 Å². The van der Waals surface area contributed by atoms with Gasteiger partial charge >= 0.3 is 6.61 Å². The van der Waals surface area contributed by atoms with E-state index in [1.54, 1.807) is 12.3 Å². The first-order valence-electron chi connectivity index (χ1n) is 14.0. The summed E-state index contributed by atoms with van der Waals surface area (Å²) in [5.74, 6) is -1.05. The molecule has 2 amide bonds. The number of piperidine rings is 1. The molecule has 1 aromatic carbocycles. The molecule has 0 bridgehead atoms. The summed E-state index contributed by atoms with van der Waals surface area (Å²) in [7, 11) is 0. The highest BCUT2D eigenvalue weighted by molar-refractivity contribution is 6.31. The maximum absolute atomic E-state index is 13.5. The van der Waals surface area contributed by atoms with Crippen molar-refractivity contribution in [3.8, 4) is 17.0 Å². The number of carbonyl (C=O) groups is 2. The average Bonchev–Trinajstić information content (AvgIpc) is 3.72. The highest BCUT2D eigenvalue weighted by Crippen LogP contribution is 2.37. The van der Waals surface area contributed by atoms with E-state index >= 15 is 0 Å². The van der Waals surface area contributed by atoms with Crippen molar-refractivity contribution in [3.63, 3.8) is 0 Å². The van der Waals surface area contributed by atoms with Gasteiger partial charge in [0, 0.05) is 48.3 Å². The number of rotatable bonds is 8. The summed E-state index contributed by atoms with van der Waals surface area (Å²) in [6.45, 7) is 0.263. The Hall–Kier alpha value is -4.30. The van der Waals surface area contributed by atoms with E-state index in [4.69, 9.17) is 22.1 Å². The molecule has 2 aliphatic rings. The van der Waals surface area contributed by atoms with E-state index in [2.05, 4.69) is 25.4 Å². The summed E-state index contributed by atoms with van der Waals surface area (Å²) < 4.78 is 34.0. The van der Waals surface area contributed by atoms with Crippen LogP contribution in [0.25, 0.3) is 16.9 Å². The molecule has 0 atom stereocenters. The first-order valence-corrected chi connectivity index (χ1v) is 14.4. The number of amides is 2.